The van der Waals surface area contributed by atoms with E-state index in [1.807, 2.05) is 0 Å². The molecule has 0 radical (unpaired) electrons. The summed E-state index contributed by atoms with van der Waals surface area (Å²) in [5.74, 6) is 2.68. The van der Waals surface area contributed by atoms with Crippen molar-refractivity contribution in [3.8, 4) is 11.8 Å². The van der Waals surface area contributed by atoms with Gasteiger partial charge in [-0.3, -0.25) is 4.79 Å². The maximum atomic E-state index is 12.5. The van der Waals surface area contributed by atoms with Crippen molar-refractivity contribution in [3.63, 3.8) is 0 Å². The largest absolute Gasteiger partial charge is 0.462 e. The van der Waals surface area contributed by atoms with Crippen LogP contribution in [0, 0.1) is 11.1 Å². The average Bonchev–Trinajstić information content (AvgIpc) is 3.43. The molecule has 1 amide bonds. The van der Waals surface area contributed by atoms with E-state index >= 15 is 0 Å². The van der Waals surface area contributed by atoms with E-state index in [1.54, 1.807) is 4.90 Å². The van der Waals surface area contributed by atoms with Crippen LogP contribution in [0.2, 0.25) is 0 Å². The van der Waals surface area contributed by atoms with Crippen LogP contribution in [0.25, 0.3) is 10.8 Å². The number of anilines is 1. The first-order chi connectivity index (χ1) is 20.1. The molecule has 0 spiro atoms. The summed E-state index contributed by atoms with van der Waals surface area (Å²) in [6.07, 6.45) is 4.06. The summed E-state index contributed by atoms with van der Waals surface area (Å²) in [5, 5.41) is 11.9. The van der Waals surface area contributed by atoms with Crippen LogP contribution in [0.1, 0.15) is 35.8 Å². The van der Waals surface area contributed by atoms with Crippen molar-refractivity contribution in [1.29, 1.82) is 5.26 Å². The second kappa shape index (κ2) is 12.1. The number of carbonyl (C=O) groups excluding carboxylic acids is 1. The molecule has 2 unspecified atom stereocenters. The van der Waals surface area contributed by atoms with Gasteiger partial charge < -0.3 is 24.2 Å². The Hall–Kier alpha value is -3.57. The zero-order valence-corrected chi connectivity index (χ0v) is 24.3. The average molecular weight is 571 g/mol. The fraction of sp³-hybridized carbons (Fsp3) is 0.419. The first-order valence-electron chi connectivity index (χ1n) is 14.2. The molecule has 6 rings (SSSR count). The van der Waals surface area contributed by atoms with Crippen LogP contribution < -0.4 is 9.64 Å². The summed E-state index contributed by atoms with van der Waals surface area (Å²) < 4.78 is 12.8. The van der Waals surface area contributed by atoms with Crippen LogP contribution in [0.4, 0.5) is 5.82 Å². The zero-order valence-electron chi connectivity index (χ0n) is 23.3. The van der Waals surface area contributed by atoms with Gasteiger partial charge in [-0.25, -0.2) is 0 Å². The molecule has 1 aromatic heterocycles. The van der Waals surface area contributed by atoms with Crippen molar-refractivity contribution in [2.75, 3.05) is 44.7 Å². The molecule has 4 heterocycles. The van der Waals surface area contributed by atoms with Crippen molar-refractivity contribution in [2.45, 2.75) is 43.8 Å². The second-order valence-corrected chi connectivity index (χ2v) is 12.0. The van der Waals surface area contributed by atoms with Crippen LogP contribution in [0.3, 0.4) is 0 Å². The summed E-state index contributed by atoms with van der Waals surface area (Å²) in [6.45, 7) is 7.22. The van der Waals surface area contributed by atoms with Crippen molar-refractivity contribution in [3.05, 3.63) is 71.9 Å². The van der Waals surface area contributed by atoms with Crippen LogP contribution in [0.5, 0.6) is 6.01 Å². The Morgan fingerprint density at radius 1 is 1.22 bits per heavy atom. The van der Waals surface area contributed by atoms with Crippen LogP contribution in [-0.4, -0.2) is 77.3 Å². The minimum absolute atomic E-state index is 0.0446. The van der Waals surface area contributed by atoms with Crippen molar-refractivity contribution < 1.29 is 14.3 Å². The normalized spacial score (nSPS) is 23.1. The Morgan fingerprint density at radius 2 is 2.07 bits per heavy atom. The van der Waals surface area contributed by atoms with Gasteiger partial charge in [0.05, 0.1) is 30.0 Å². The number of carbonyl (C=O) groups is 1. The highest BCUT2D eigenvalue weighted by Crippen LogP contribution is 2.38. The Bertz CT molecular complexity index is 1490. The number of benzene rings is 2. The molecular formula is C31H35N6O3P. The van der Waals surface area contributed by atoms with Crippen molar-refractivity contribution >= 4 is 31.1 Å². The Labute approximate surface area is 242 Å². The molecule has 3 aliphatic rings. The molecule has 41 heavy (non-hydrogen) atoms. The van der Waals surface area contributed by atoms with E-state index in [9.17, 15) is 10.1 Å². The first kappa shape index (κ1) is 27.6. The van der Waals surface area contributed by atoms with E-state index in [0.29, 0.717) is 51.3 Å². The predicted molar refractivity (Wildman–Crippen MR) is 160 cm³/mol. The molecule has 0 aliphatic carbocycles. The number of nitriles is 1. The fourth-order valence-electron chi connectivity index (χ4n) is 6.20. The number of ether oxygens (including phenoxy) is 2. The van der Waals surface area contributed by atoms with Gasteiger partial charge in [0.1, 0.15) is 12.4 Å². The van der Waals surface area contributed by atoms with E-state index in [0.717, 1.165) is 35.6 Å². The van der Waals surface area contributed by atoms with Gasteiger partial charge in [-0.1, -0.05) is 49.0 Å². The van der Waals surface area contributed by atoms with Crippen molar-refractivity contribution in [1.82, 2.24) is 19.8 Å². The van der Waals surface area contributed by atoms with Gasteiger partial charge in [-0.2, -0.15) is 15.2 Å². The summed E-state index contributed by atoms with van der Waals surface area (Å²) in [6, 6.07) is 15.4. The van der Waals surface area contributed by atoms with E-state index < -0.39 is 0 Å². The second-order valence-electron chi connectivity index (χ2n) is 10.9. The molecule has 0 bridgehead atoms. The number of likely N-dealkylation sites (N-methyl/N-ethyl adjacent to an activating group) is 1. The Morgan fingerprint density at radius 3 is 2.88 bits per heavy atom. The van der Waals surface area contributed by atoms with E-state index in [1.165, 1.54) is 23.3 Å². The van der Waals surface area contributed by atoms with Gasteiger partial charge in [-0.15, -0.1) is 0 Å². The number of nitrogens with zero attached hydrogens (tertiary/aromatic N) is 6. The van der Waals surface area contributed by atoms with Gasteiger partial charge in [0, 0.05) is 46.2 Å². The topological polar surface area (TPSA) is 94.8 Å². The number of aromatic nitrogens is 2. The molecule has 3 aromatic rings. The molecule has 2 fully saturated rings. The smallest absolute Gasteiger partial charge is 0.318 e. The maximum absolute atomic E-state index is 12.5. The van der Waals surface area contributed by atoms with Crippen LogP contribution in [0.15, 0.2) is 55.1 Å². The molecule has 212 valence electrons. The quantitative estimate of drug-likeness (QED) is 0.308. The van der Waals surface area contributed by atoms with Gasteiger partial charge in [0.25, 0.3) is 0 Å². The Kier molecular flexibility index (Phi) is 8.16. The van der Waals surface area contributed by atoms with Gasteiger partial charge in [0.2, 0.25) is 5.91 Å². The standard InChI is InChI=1S/C31H35N6O3P/c1-3-28(38)37-15-14-36(17-29(37)41-20-32)30-25-19-39-27(24-12-6-9-21-8-4-5-11-23(21)24)16-26(25)33-31(34-30)40-18-22-10-7-13-35(22)2/h3-6,8-9,11-12,22,27,29,41H,1,7,10,13-19H2,2H3/t22-,27?,29-/m0/s1. The molecular weight excluding hydrogens is 535 g/mol. The van der Waals surface area contributed by atoms with Gasteiger partial charge in [0.15, 0.2) is 0 Å². The summed E-state index contributed by atoms with van der Waals surface area (Å²) >= 11 is 0. The maximum Gasteiger partial charge on any atom is 0.318 e. The highest BCUT2D eigenvalue weighted by atomic mass is 31.1. The molecule has 0 N–H and O–H groups in total. The lowest BCUT2D eigenvalue weighted by atomic mass is 9.94. The lowest BCUT2D eigenvalue weighted by Crippen LogP contribution is -2.53. The summed E-state index contributed by atoms with van der Waals surface area (Å²) in [5.41, 5.74) is 3.03. The number of likely N-dealkylation sites (tertiary alicyclic amines) is 1. The third kappa shape index (κ3) is 5.65. The first-order valence-corrected chi connectivity index (χ1v) is 15.3. The minimum atomic E-state index is -0.227. The SMILES string of the molecule is C=CC(=O)N1CCN(c2nc(OC[C@@H]3CCCN3C)nc3c2COC(c2cccc4ccccc24)C3)C[C@@H]1PC#N. The minimum Gasteiger partial charge on any atom is -0.462 e. The molecule has 0 saturated carbocycles. The van der Waals surface area contributed by atoms with E-state index in [2.05, 4.69) is 71.7 Å². The van der Waals surface area contributed by atoms with Gasteiger partial charge >= 0.3 is 6.01 Å². The van der Waals surface area contributed by atoms with E-state index in [4.69, 9.17) is 19.4 Å². The molecule has 10 heteroatoms. The lowest BCUT2D eigenvalue weighted by Gasteiger charge is -2.41. The summed E-state index contributed by atoms with van der Waals surface area (Å²) in [4.78, 5) is 28.6. The number of rotatable bonds is 7. The number of hydrogen-bond acceptors (Lipinski definition) is 8. The number of fused-ring (bicyclic) bond motifs is 2. The van der Waals surface area contributed by atoms with Crippen molar-refractivity contribution in [2.24, 2.45) is 0 Å². The zero-order chi connectivity index (χ0) is 28.3. The third-order valence-electron chi connectivity index (χ3n) is 8.47. The Balaban J connectivity index is 1.33. The summed E-state index contributed by atoms with van der Waals surface area (Å²) in [7, 11) is 2.09. The molecule has 4 atom stereocenters. The molecule has 9 nitrogen and oxygen atoms in total. The third-order valence-corrected chi connectivity index (χ3v) is 9.43. The monoisotopic (exact) mass is 570 g/mol. The van der Waals surface area contributed by atoms with Gasteiger partial charge in [-0.05, 0) is 48.8 Å². The number of hydrogen-bond donors (Lipinski definition) is 0. The van der Waals surface area contributed by atoms with E-state index in [-0.39, 0.29) is 26.4 Å². The highest BCUT2D eigenvalue weighted by molar-refractivity contribution is 7.44. The van der Waals surface area contributed by atoms with Crippen LogP contribution in [-0.2, 0) is 22.6 Å². The molecule has 2 saturated heterocycles. The molecule has 2 aromatic carbocycles. The highest BCUT2D eigenvalue weighted by Gasteiger charge is 2.34. The fourth-order valence-corrected chi connectivity index (χ4v) is 7.08. The molecule has 3 aliphatic heterocycles. The predicted octanol–water partition coefficient (Wildman–Crippen LogP) is 4.24. The number of amides is 1. The lowest BCUT2D eigenvalue weighted by molar-refractivity contribution is -0.127. The number of piperazine rings is 1. The van der Waals surface area contributed by atoms with Crippen LogP contribution >= 0.6 is 8.58 Å².